The van der Waals surface area contributed by atoms with Gasteiger partial charge in [0.2, 0.25) is 5.91 Å². The van der Waals surface area contributed by atoms with Gasteiger partial charge in [-0.05, 0) is 26.3 Å². The molecule has 6 heteroatoms. The summed E-state index contributed by atoms with van der Waals surface area (Å²) in [5.74, 6) is 0.927. The highest BCUT2D eigenvalue weighted by molar-refractivity contribution is 5.82. The van der Waals surface area contributed by atoms with E-state index in [-0.39, 0.29) is 18.0 Å². The number of para-hydroxylation sites is 1. The van der Waals surface area contributed by atoms with Gasteiger partial charge in [-0.3, -0.25) is 4.79 Å². The first kappa shape index (κ1) is 16.4. The summed E-state index contributed by atoms with van der Waals surface area (Å²) < 4.78 is 5.78. The second-order valence-electron chi connectivity index (χ2n) is 6.32. The number of likely N-dealkylation sites (tertiary alicyclic amines) is 1. The van der Waals surface area contributed by atoms with E-state index in [2.05, 4.69) is 10.6 Å². The Hall–Kier alpha value is -2.50. The second-order valence-corrected chi connectivity index (χ2v) is 6.32. The summed E-state index contributed by atoms with van der Waals surface area (Å²) in [6.07, 6.45) is 1.52. The standard InChI is InChI=1S/C18H23N3O3/c1-12(11-21-9-5-8-17(21)22)20-18(23)19-10-16-13(2)14-6-3-4-7-15(14)24-16/h3-4,6-7,12H,5,8-11H2,1-2H3,(H2,19,20,23). The van der Waals surface area contributed by atoms with Gasteiger partial charge in [0.25, 0.3) is 0 Å². The van der Waals surface area contributed by atoms with Crippen molar-refractivity contribution in [3.8, 4) is 0 Å². The number of nitrogens with one attached hydrogen (secondary N) is 2. The molecule has 2 N–H and O–H groups in total. The van der Waals surface area contributed by atoms with Gasteiger partial charge in [-0.25, -0.2) is 4.79 Å². The van der Waals surface area contributed by atoms with Crippen molar-refractivity contribution in [1.82, 2.24) is 15.5 Å². The quantitative estimate of drug-likeness (QED) is 0.885. The van der Waals surface area contributed by atoms with E-state index in [4.69, 9.17) is 4.42 Å². The van der Waals surface area contributed by atoms with Gasteiger partial charge in [0.1, 0.15) is 11.3 Å². The van der Waals surface area contributed by atoms with E-state index in [1.54, 1.807) is 4.90 Å². The second kappa shape index (κ2) is 6.95. The first-order valence-electron chi connectivity index (χ1n) is 8.33. The number of hydrogen-bond donors (Lipinski definition) is 2. The van der Waals surface area contributed by atoms with Crippen LogP contribution in [-0.2, 0) is 11.3 Å². The monoisotopic (exact) mass is 329 g/mol. The van der Waals surface area contributed by atoms with Crippen LogP contribution in [0.1, 0.15) is 31.1 Å². The van der Waals surface area contributed by atoms with Gasteiger partial charge in [-0.2, -0.15) is 0 Å². The molecule has 0 bridgehead atoms. The molecule has 2 heterocycles. The molecule has 0 aliphatic carbocycles. The van der Waals surface area contributed by atoms with Crippen LogP contribution in [0.2, 0.25) is 0 Å². The topological polar surface area (TPSA) is 74.6 Å². The predicted octanol–water partition coefficient (Wildman–Crippen LogP) is 2.55. The van der Waals surface area contributed by atoms with E-state index < -0.39 is 0 Å². The van der Waals surface area contributed by atoms with Gasteiger partial charge in [0, 0.05) is 36.5 Å². The summed E-state index contributed by atoms with van der Waals surface area (Å²) in [5, 5.41) is 6.75. The van der Waals surface area contributed by atoms with Gasteiger partial charge in [-0.1, -0.05) is 18.2 Å². The zero-order valence-corrected chi connectivity index (χ0v) is 14.1. The Kier molecular flexibility index (Phi) is 4.74. The van der Waals surface area contributed by atoms with E-state index in [0.717, 1.165) is 35.3 Å². The molecule has 1 fully saturated rings. The van der Waals surface area contributed by atoms with Crippen LogP contribution < -0.4 is 10.6 Å². The highest BCUT2D eigenvalue weighted by Gasteiger charge is 2.22. The number of urea groups is 1. The van der Waals surface area contributed by atoms with Crippen LogP contribution in [-0.4, -0.2) is 36.0 Å². The maximum atomic E-state index is 12.0. The number of carbonyl (C=O) groups is 2. The van der Waals surface area contributed by atoms with Gasteiger partial charge in [0.05, 0.1) is 6.54 Å². The maximum absolute atomic E-state index is 12.0. The third-order valence-corrected chi connectivity index (χ3v) is 4.40. The molecule has 2 aromatic rings. The fourth-order valence-electron chi connectivity index (χ4n) is 3.10. The molecule has 3 rings (SSSR count). The Morgan fingerprint density at radius 3 is 2.88 bits per heavy atom. The highest BCUT2D eigenvalue weighted by Crippen LogP contribution is 2.24. The first-order valence-corrected chi connectivity index (χ1v) is 8.33. The molecule has 1 saturated heterocycles. The summed E-state index contributed by atoms with van der Waals surface area (Å²) >= 11 is 0. The Labute approximate surface area is 141 Å². The number of aryl methyl sites for hydroxylation is 1. The van der Waals surface area contributed by atoms with Crippen molar-refractivity contribution >= 4 is 22.9 Å². The van der Waals surface area contributed by atoms with Gasteiger partial charge in [0.15, 0.2) is 0 Å². The minimum Gasteiger partial charge on any atom is -0.459 e. The summed E-state index contributed by atoms with van der Waals surface area (Å²) in [4.78, 5) is 25.5. The smallest absolute Gasteiger partial charge is 0.315 e. The number of amides is 3. The lowest BCUT2D eigenvalue weighted by molar-refractivity contribution is -0.127. The van der Waals surface area contributed by atoms with E-state index in [0.29, 0.717) is 19.5 Å². The number of rotatable bonds is 5. The summed E-state index contributed by atoms with van der Waals surface area (Å²) in [6, 6.07) is 7.47. The molecule has 1 unspecified atom stereocenters. The SMILES string of the molecule is Cc1c(CNC(=O)NC(C)CN2CCCC2=O)oc2ccccc12. The molecule has 1 aromatic heterocycles. The van der Waals surface area contributed by atoms with Crippen LogP contribution in [0.3, 0.4) is 0 Å². The molecular formula is C18H23N3O3. The van der Waals surface area contributed by atoms with Crippen LogP contribution in [0.4, 0.5) is 4.79 Å². The van der Waals surface area contributed by atoms with Crippen molar-refractivity contribution in [2.45, 2.75) is 39.3 Å². The van der Waals surface area contributed by atoms with Crippen LogP contribution in [0.5, 0.6) is 0 Å². The third-order valence-electron chi connectivity index (χ3n) is 4.40. The van der Waals surface area contributed by atoms with E-state index in [1.807, 2.05) is 38.1 Å². The molecule has 1 aliphatic rings. The fraction of sp³-hybridized carbons (Fsp3) is 0.444. The van der Waals surface area contributed by atoms with Crippen molar-refractivity contribution in [2.24, 2.45) is 0 Å². The number of carbonyl (C=O) groups excluding carboxylic acids is 2. The molecule has 1 aromatic carbocycles. The van der Waals surface area contributed by atoms with Crippen LogP contribution in [0, 0.1) is 6.92 Å². The Balaban J connectivity index is 1.51. The predicted molar refractivity (Wildman–Crippen MR) is 91.6 cm³/mol. The molecule has 0 saturated carbocycles. The lowest BCUT2D eigenvalue weighted by atomic mass is 10.1. The molecule has 0 radical (unpaired) electrons. The molecule has 128 valence electrons. The minimum atomic E-state index is -0.256. The van der Waals surface area contributed by atoms with E-state index >= 15 is 0 Å². The number of furan rings is 1. The normalized spacial score (nSPS) is 15.8. The van der Waals surface area contributed by atoms with Gasteiger partial charge < -0.3 is 20.0 Å². The maximum Gasteiger partial charge on any atom is 0.315 e. The molecular weight excluding hydrogens is 306 g/mol. The van der Waals surface area contributed by atoms with E-state index in [1.165, 1.54) is 0 Å². The molecule has 3 amide bonds. The number of benzene rings is 1. The first-order chi connectivity index (χ1) is 11.5. The largest absolute Gasteiger partial charge is 0.459 e. The van der Waals surface area contributed by atoms with Crippen molar-refractivity contribution in [2.75, 3.05) is 13.1 Å². The molecule has 24 heavy (non-hydrogen) atoms. The zero-order valence-electron chi connectivity index (χ0n) is 14.1. The van der Waals surface area contributed by atoms with Crippen LogP contribution in [0.15, 0.2) is 28.7 Å². The summed E-state index contributed by atoms with van der Waals surface area (Å²) in [6.45, 7) is 5.56. The summed E-state index contributed by atoms with van der Waals surface area (Å²) in [5.41, 5.74) is 1.87. The van der Waals surface area contributed by atoms with Crippen molar-refractivity contribution in [3.63, 3.8) is 0 Å². The average molecular weight is 329 g/mol. The Bertz CT molecular complexity index is 753. The average Bonchev–Trinajstić information content (AvgIpc) is 3.10. The van der Waals surface area contributed by atoms with Gasteiger partial charge >= 0.3 is 6.03 Å². The fourth-order valence-corrected chi connectivity index (χ4v) is 3.10. The van der Waals surface area contributed by atoms with E-state index in [9.17, 15) is 9.59 Å². The Morgan fingerprint density at radius 1 is 1.38 bits per heavy atom. The zero-order chi connectivity index (χ0) is 17.1. The van der Waals surface area contributed by atoms with Crippen molar-refractivity contribution in [3.05, 3.63) is 35.6 Å². The molecule has 1 atom stereocenters. The van der Waals surface area contributed by atoms with Crippen molar-refractivity contribution in [1.29, 1.82) is 0 Å². The van der Waals surface area contributed by atoms with Crippen LogP contribution >= 0.6 is 0 Å². The van der Waals surface area contributed by atoms with Crippen LogP contribution in [0.25, 0.3) is 11.0 Å². The number of nitrogens with zero attached hydrogens (tertiary/aromatic N) is 1. The highest BCUT2D eigenvalue weighted by atomic mass is 16.3. The minimum absolute atomic E-state index is 0.0937. The molecule has 6 nitrogen and oxygen atoms in total. The lowest BCUT2D eigenvalue weighted by Crippen LogP contribution is -2.46. The Morgan fingerprint density at radius 2 is 2.17 bits per heavy atom. The van der Waals surface area contributed by atoms with Gasteiger partial charge in [-0.15, -0.1) is 0 Å². The van der Waals surface area contributed by atoms with Crippen molar-refractivity contribution < 1.29 is 14.0 Å². The summed E-state index contributed by atoms with van der Waals surface area (Å²) in [7, 11) is 0. The lowest BCUT2D eigenvalue weighted by Gasteiger charge is -2.21. The number of fused-ring (bicyclic) bond motifs is 1. The third kappa shape index (κ3) is 3.53. The molecule has 1 aliphatic heterocycles. The molecule has 0 spiro atoms. The number of hydrogen-bond acceptors (Lipinski definition) is 3.